The fourth-order valence-electron chi connectivity index (χ4n) is 2.74. The van der Waals surface area contributed by atoms with Crippen molar-refractivity contribution < 1.29 is 4.79 Å². The van der Waals surface area contributed by atoms with Gasteiger partial charge in [0.1, 0.15) is 0 Å². The lowest BCUT2D eigenvalue weighted by Gasteiger charge is -2.36. The second-order valence-electron chi connectivity index (χ2n) is 5.37. The molecule has 1 aliphatic rings. The summed E-state index contributed by atoms with van der Waals surface area (Å²) in [4.78, 5) is 13.8. The zero-order valence-corrected chi connectivity index (χ0v) is 13.0. The molecule has 1 aliphatic carbocycles. The predicted molar refractivity (Wildman–Crippen MR) is 83.1 cm³/mol. The van der Waals surface area contributed by atoms with Crippen LogP contribution in [-0.4, -0.2) is 36.5 Å². The number of amides is 1. The molecule has 0 aromatic heterocycles. The van der Waals surface area contributed by atoms with E-state index in [9.17, 15) is 4.79 Å². The largest absolute Gasteiger partial charge is 0.342 e. The van der Waals surface area contributed by atoms with Crippen LogP contribution in [0.5, 0.6) is 0 Å². The average molecular weight is 295 g/mol. The highest BCUT2D eigenvalue weighted by Gasteiger charge is 2.30. The Hall–Kier alpha value is -1.06. The third kappa shape index (κ3) is 3.74. The number of likely N-dealkylation sites (N-methyl/N-ethyl adjacent to an activating group) is 1. The number of benzene rings is 1. The van der Waals surface area contributed by atoms with Crippen LogP contribution in [0.15, 0.2) is 24.3 Å². The van der Waals surface area contributed by atoms with Gasteiger partial charge in [-0.25, -0.2) is 0 Å². The van der Waals surface area contributed by atoms with E-state index in [1.54, 1.807) is 0 Å². The Bertz CT molecular complexity index is 454. The number of nitrogens with one attached hydrogen (secondary N) is 1. The Morgan fingerprint density at radius 3 is 2.65 bits per heavy atom. The van der Waals surface area contributed by atoms with Gasteiger partial charge in [-0.15, -0.1) is 0 Å². The van der Waals surface area contributed by atoms with Crippen molar-refractivity contribution in [1.29, 1.82) is 0 Å². The van der Waals surface area contributed by atoms with Crippen molar-refractivity contribution in [2.75, 3.05) is 19.6 Å². The average Bonchev–Trinajstić information content (AvgIpc) is 2.38. The molecule has 110 valence electrons. The summed E-state index contributed by atoms with van der Waals surface area (Å²) in [6.45, 7) is 6.05. The highest BCUT2D eigenvalue weighted by Crippen LogP contribution is 2.37. The van der Waals surface area contributed by atoms with Crippen LogP contribution < -0.4 is 5.32 Å². The van der Waals surface area contributed by atoms with Crippen LogP contribution in [0, 0.1) is 0 Å². The van der Waals surface area contributed by atoms with Gasteiger partial charge in [0.05, 0.1) is 6.54 Å². The lowest BCUT2D eigenvalue weighted by Crippen LogP contribution is -2.46. The minimum Gasteiger partial charge on any atom is -0.342 e. The molecule has 1 saturated carbocycles. The molecule has 1 aromatic carbocycles. The maximum Gasteiger partial charge on any atom is 0.236 e. The molecule has 1 fully saturated rings. The van der Waals surface area contributed by atoms with Crippen molar-refractivity contribution >= 4 is 17.5 Å². The smallest absolute Gasteiger partial charge is 0.236 e. The molecule has 3 nitrogen and oxygen atoms in total. The molecule has 1 amide bonds. The van der Waals surface area contributed by atoms with E-state index in [0.29, 0.717) is 18.5 Å². The van der Waals surface area contributed by atoms with Crippen LogP contribution in [0.25, 0.3) is 0 Å². The summed E-state index contributed by atoms with van der Waals surface area (Å²) in [5, 5.41) is 4.16. The predicted octanol–water partition coefficient (Wildman–Crippen LogP) is 3.04. The van der Waals surface area contributed by atoms with Crippen LogP contribution in [0.4, 0.5) is 0 Å². The van der Waals surface area contributed by atoms with Gasteiger partial charge in [0.2, 0.25) is 5.91 Å². The van der Waals surface area contributed by atoms with Gasteiger partial charge in [-0.05, 0) is 50.3 Å². The minimum atomic E-state index is 0.196. The summed E-state index contributed by atoms with van der Waals surface area (Å²) in [7, 11) is 0. The summed E-state index contributed by atoms with van der Waals surface area (Å²) in [6.07, 6.45) is 2.18. The summed E-state index contributed by atoms with van der Waals surface area (Å²) >= 11 is 6.01. The van der Waals surface area contributed by atoms with Crippen molar-refractivity contribution in [3.05, 3.63) is 34.9 Å². The number of hydrogen-bond acceptors (Lipinski definition) is 2. The van der Waals surface area contributed by atoms with Crippen LogP contribution in [0.1, 0.15) is 38.2 Å². The maximum atomic E-state index is 11.9. The zero-order chi connectivity index (χ0) is 14.5. The lowest BCUT2D eigenvalue weighted by atomic mass is 9.76. The highest BCUT2D eigenvalue weighted by atomic mass is 35.5. The molecule has 0 aliphatic heterocycles. The summed E-state index contributed by atoms with van der Waals surface area (Å²) < 4.78 is 0. The van der Waals surface area contributed by atoms with Gasteiger partial charge in [0.25, 0.3) is 0 Å². The lowest BCUT2D eigenvalue weighted by molar-refractivity contribution is -0.130. The molecule has 4 heteroatoms. The van der Waals surface area contributed by atoms with E-state index in [1.807, 2.05) is 36.9 Å². The molecule has 1 N–H and O–H groups in total. The highest BCUT2D eigenvalue weighted by molar-refractivity contribution is 6.30. The van der Waals surface area contributed by atoms with E-state index in [1.165, 1.54) is 5.56 Å². The fraction of sp³-hybridized carbons (Fsp3) is 0.562. The first kappa shape index (κ1) is 15.3. The van der Waals surface area contributed by atoms with Gasteiger partial charge in [-0.1, -0.05) is 23.7 Å². The number of nitrogens with zero attached hydrogens (tertiary/aromatic N) is 1. The Morgan fingerprint density at radius 1 is 1.35 bits per heavy atom. The topological polar surface area (TPSA) is 32.3 Å². The monoisotopic (exact) mass is 294 g/mol. The molecular weight excluding hydrogens is 272 g/mol. The molecule has 2 rings (SSSR count). The summed E-state index contributed by atoms with van der Waals surface area (Å²) in [5.41, 5.74) is 1.31. The molecule has 0 bridgehead atoms. The van der Waals surface area contributed by atoms with Crippen LogP contribution in [0.2, 0.25) is 5.02 Å². The SMILES string of the molecule is CCN(CC)C(=O)CNC1CC(c2cccc(Cl)c2)C1. The van der Waals surface area contributed by atoms with Crippen molar-refractivity contribution in [3.8, 4) is 0 Å². The Labute approximate surface area is 126 Å². The van der Waals surface area contributed by atoms with Crippen molar-refractivity contribution in [2.24, 2.45) is 0 Å². The molecule has 20 heavy (non-hydrogen) atoms. The second kappa shape index (κ2) is 7.09. The number of carbonyl (C=O) groups excluding carboxylic acids is 1. The third-order valence-electron chi connectivity index (χ3n) is 4.12. The normalized spacial score (nSPS) is 21.4. The molecule has 0 radical (unpaired) electrons. The van der Waals surface area contributed by atoms with E-state index in [4.69, 9.17) is 11.6 Å². The Balaban J connectivity index is 1.73. The van der Waals surface area contributed by atoms with Crippen LogP contribution in [-0.2, 0) is 4.79 Å². The molecule has 1 aromatic rings. The Morgan fingerprint density at radius 2 is 2.05 bits per heavy atom. The number of carbonyl (C=O) groups is 1. The van der Waals surface area contributed by atoms with Crippen molar-refractivity contribution in [1.82, 2.24) is 10.2 Å². The molecular formula is C16H23ClN2O. The van der Waals surface area contributed by atoms with Crippen LogP contribution >= 0.6 is 11.6 Å². The standard InChI is InChI=1S/C16H23ClN2O/c1-3-19(4-2)16(20)11-18-15-9-13(10-15)12-6-5-7-14(17)8-12/h5-8,13,15,18H,3-4,9-11H2,1-2H3. The maximum absolute atomic E-state index is 11.9. The second-order valence-corrected chi connectivity index (χ2v) is 5.80. The number of rotatable bonds is 6. The van der Waals surface area contributed by atoms with Gasteiger partial charge < -0.3 is 10.2 Å². The number of halogens is 1. The van der Waals surface area contributed by atoms with Crippen molar-refractivity contribution in [3.63, 3.8) is 0 Å². The van der Waals surface area contributed by atoms with E-state index >= 15 is 0 Å². The van der Waals surface area contributed by atoms with Crippen molar-refractivity contribution in [2.45, 2.75) is 38.6 Å². The minimum absolute atomic E-state index is 0.196. The van der Waals surface area contributed by atoms with E-state index in [2.05, 4.69) is 11.4 Å². The molecule has 0 atom stereocenters. The van der Waals surface area contributed by atoms with Gasteiger partial charge >= 0.3 is 0 Å². The first-order chi connectivity index (χ1) is 9.63. The van der Waals surface area contributed by atoms with E-state index in [-0.39, 0.29) is 5.91 Å². The molecule has 0 spiro atoms. The fourth-order valence-corrected chi connectivity index (χ4v) is 2.94. The number of hydrogen-bond donors (Lipinski definition) is 1. The van der Waals surface area contributed by atoms with E-state index < -0.39 is 0 Å². The van der Waals surface area contributed by atoms with Gasteiger partial charge in [0, 0.05) is 24.2 Å². The van der Waals surface area contributed by atoms with Gasteiger partial charge in [-0.2, -0.15) is 0 Å². The first-order valence-corrected chi connectivity index (χ1v) is 7.78. The molecule has 0 saturated heterocycles. The van der Waals surface area contributed by atoms with Crippen LogP contribution in [0.3, 0.4) is 0 Å². The molecule has 0 unspecified atom stereocenters. The Kier molecular flexibility index (Phi) is 5.44. The zero-order valence-electron chi connectivity index (χ0n) is 12.2. The first-order valence-electron chi connectivity index (χ1n) is 7.40. The summed E-state index contributed by atoms with van der Waals surface area (Å²) in [5.74, 6) is 0.774. The van der Waals surface area contributed by atoms with Gasteiger partial charge in [0.15, 0.2) is 0 Å². The third-order valence-corrected chi connectivity index (χ3v) is 4.35. The summed E-state index contributed by atoms with van der Waals surface area (Å²) in [6, 6.07) is 8.54. The molecule has 0 heterocycles. The van der Waals surface area contributed by atoms with E-state index in [0.717, 1.165) is 31.0 Å². The quantitative estimate of drug-likeness (QED) is 0.874. The van der Waals surface area contributed by atoms with Gasteiger partial charge in [-0.3, -0.25) is 4.79 Å².